The molecule has 1 unspecified atom stereocenters. The molecule has 2 aromatic carbocycles. The third-order valence-corrected chi connectivity index (χ3v) is 5.42. The zero-order valence-corrected chi connectivity index (χ0v) is 17.1. The number of benzene rings is 2. The summed E-state index contributed by atoms with van der Waals surface area (Å²) in [5.41, 5.74) is 5.23. The highest BCUT2D eigenvalue weighted by atomic mass is 16.5. The lowest BCUT2D eigenvalue weighted by molar-refractivity contribution is 0.0600. The summed E-state index contributed by atoms with van der Waals surface area (Å²) in [5, 5.41) is 0. The number of hydrogen-bond donors (Lipinski definition) is 0. The Morgan fingerprint density at radius 2 is 1.93 bits per heavy atom. The smallest absolute Gasteiger partial charge is 0.337 e. The van der Waals surface area contributed by atoms with Gasteiger partial charge in [-0.1, -0.05) is 31.2 Å². The van der Waals surface area contributed by atoms with E-state index in [1.807, 2.05) is 30.3 Å². The fraction of sp³-hybridized carbons (Fsp3) is 0.240. The number of carbonyl (C=O) groups is 2. The average molecular weight is 401 g/mol. The summed E-state index contributed by atoms with van der Waals surface area (Å²) in [5.74, 6) is 0.469. The minimum absolute atomic E-state index is 0.0663. The summed E-state index contributed by atoms with van der Waals surface area (Å²) in [4.78, 5) is 28.7. The zero-order valence-electron chi connectivity index (χ0n) is 17.1. The summed E-state index contributed by atoms with van der Waals surface area (Å²) in [6.07, 6.45) is 5.12. The SMILES string of the molecule is CCC1Oc2cnccc2-c2ccc(C(=O)CCc3cccc(C(=O)OC)c3)cc21. The molecular formula is C25H23NO4. The van der Waals surface area contributed by atoms with Gasteiger partial charge in [0.15, 0.2) is 5.78 Å². The number of ether oxygens (including phenoxy) is 2. The largest absolute Gasteiger partial charge is 0.483 e. The first-order chi connectivity index (χ1) is 14.6. The number of nitrogens with zero attached hydrogens (tertiary/aromatic N) is 1. The Balaban J connectivity index is 1.54. The number of fused-ring (bicyclic) bond motifs is 3. The molecule has 1 aliphatic heterocycles. The Morgan fingerprint density at radius 3 is 2.73 bits per heavy atom. The highest BCUT2D eigenvalue weighted by Gasteiger charge is 2.26. The van der Waals surface area contributed by atoms with Crippen LogP contribution in [-0.4, -0.2) is 23.8 Å². The second kappa shape index (κ2) is 8.49. The minimum atomic E-state index is -0.376. The fourth-order valence-corrected chi connectivity index (χ4v) is 3.84. The molecule has 0 amide bonds. The molecule has 1 aliphatic rings. The summed E-state index contributed by atoms with van der Waals surface area (Å²) >= 11 is 0. The standard InChI is InChI=1S/C25H23NO4/c1-3-23-21-14-17(8-9-19(21)20-11-12-26-15-24(20)30-23)22(27)10-7-16-5-4-6-18(13-16)25(28)29-2/h4-6,8-9,11-15,23H,3,7,10H2,1-2H3. The van der Waals surface area contributed by atoms with E-state index in [9.17, 15) is 9.59 Å². The van der Waals surface area contributed by atoms with E-state index >= 15 is 0 Å². The molecule has 0 saturated heterocycles. The van der Waals surface area contributed by atoms with Crippen molar-refractivity contribution in [1.29, 1.82) is 0 Å². The van der Waals surface area contributed by atoms with Gasteiger partial charge in [0.25, 0.3) is 0 Å². The number of aryl methyl sites for hydroxylation is 1. The fourth-order valence-electron chi connectivity index (χ4n) is 3.84. The van der Waals surface area contributed by atoms with Crippen molar-refractivity contribution < 1.29 is 19.1 Å². The van der Waals surface area contributed by atoms with Gasteiger partial charge in [0.2, 0.25) is 0 Å². The molecule has 0 saturated carbocycles. The quantitative estimate of drug-likeness (QED) is 0.420. The molecule has 5 heteroatoms. The number of rotatable bonds is 6. The number of Topliss-reactive ketones (excluding diaryl/α,β-unsaturated/α-hetero) is 1. The lowest BCUT2D eigenvalue weighted by atomic mass is 9.89. The van der Waals surface area contributed by atoms with Gasteiger partial charge in [-0.3, -0.25) is 9.78 Å². The van der Waals surface area contributed by atoms with Gasteiger partial charge in [0, 0.05) is 29.3 Å². The lowest BCUT2D eigenvalue weighted by Crippen LogP contribution is -2.14. The van der Waals surface area contributed by atoms with Crippen LogP contribution in [0.25, 0.3) is 11.1 Å². The molecule has 0 bridgehead atoms. The third-order valence-electron chi connectivity index (χ3n) is 5.42. The van der Waals surface area contributed by atoms with E-state index in [-0.39, 0.29) is 17.9 Å². The van der Waals surface area contributed by atoms with Gasteiger partial charge in [-0.2, -0.15) is 0 Å². The number of aromatic nitrogens is 1. The normalized spacial score (nSPS) is 14.3. The van der Waals surface area contributed by atoms with Crippen LogP contribution in [0.15, 0.2) is 60.9 Å². The number of esters is 1. The van der Waals surface area contributed by atoms with Gasteiger partial charge in [-0.25, -0.2) is 4.79 Å². The van der Waals surface area contributed by atoms with Gasteiger partial charge in [0.05, 0.1) is 18.9 Å². The summed E-state index contributed by atoms with van der Waals surface area (Å²) in [6.45, 7) is 2.07. The van der Waals surface area contributed by atoms with Crippen LogP contribution in [0.4, 0.5) is 0 Å². The van der Waals surface area contributed by atoms with E-state index < -0.39 is 0 Å². The summed E-state index contributed by atoms with van der Waals surface area (Å²) in [7, 11) is 1.36. The van der Waals surface area contributed by atoms with Gasteiger partial charge in [0.1, 0.15) is 11.9 Å². The zero-order chi connectivity index (χ0) is 21.1. The van der Waals surface area contributed by atoms with Gasteiger partial charge >= 0.3 is 5.97 Å². The first-order valence-corrected chi connectivity index (χ1v) is 10.1. The molecule has 2 heterocycles. The van der Waals surface area contributed by atoms with E-state index in [1.165, 1.54) is 7.11 Å². The molecule has 0 radical (unpaired) electrons. The number of pyridine rings is 1. The molecule has 152 valence electrons. The molecule has 3 aromatic rings. The molecule has 1 aromatic heterocycles. The van der Waals surface area contributed by atoms with Crippen LogP contribution in [0.3, 0.4) is 0 Å². The molecule has 1 atom stereocenters. The Labute approximate surface area is 175 Å². The number of methoxy groups -OCH3 is 1. The predicted molar refractivity (Wildman–Crippen MR) is 114 cm³/mol. The molecular weight excluding hydrogens is 378 g/mol. The van der Waals surface area contributed by atoms with Crippen LogP contribution in [0.5, 0.6) is 5.75 Å². The average Bonchev–Trinajstić information content (AvgIpc) is 2.81. The van der Waals surface area contributed by atoms with E-state index in [0.29, 0.717) is 24.0 Å². The number of hydrogen-bond acceptors (Lipinski definition) is 5. The van der Waals surface area contributed by atoms with Crippen LogP contribution in [0.1, 0.15) is 57.7 Å². The minimum Gasteiger partial charge on any atom is -0.483 e. The van der Waals surface area contributed by atoms with E-state index in [0.717, 1.165) is 34.4 Å². The van der Waals surface area contributed by atoms with Crippen molar-refractivity contribution in [3.63, 3.8) is 0 Å². The van der Waals surface area contributed by atoms with Crippen molar-refractivity contribution in [3.05, 3.63) is 83.2 Å². The molecule has 0 spiro atoms. The summed E-state index contributed by atoms with van der Waals surface area (Å²) < 4.78 is 10.9. The number of ketones is 1. The van der Waals surface area contributed by atoms with E-state index in [1.54, 1.807) is 30.6 Å². The van der Waals surface area contributed by atoms with Gasteiger partial charge in [-0.15, -0.1) is 0 Å². The van der Waals surface area contributed by atoms with Crippen LogP contribution < -0.4 is 4.74 Å². The predicted octanol–water partition coefficient (Wildman–Crippen LogP) is 5.19. The molecule has 30 heavy (non-hydrogen) atoms. The van der Waals surface area contributed by atoms with Crippen molar-refractivity contribution >= 4 is 11.8 Å². The van der Waals surface area contributed by atoms with E-state index in [4.69, 9.17) is 9.47 Å². The second-order valence-electron chi connectivity index (χ2n) is 7.30. The Morgan fingerprint density at radius 1 is 1.07 bits per heavy atom. The van der Waals surface area contributed by atoms with Crippen LogP contribution in [0.2, 0.25) is 0 Å². The van der Waals surface area contributed by atoms with E-state index in [2.05, 4.69) is 11.9 Å². The highest BCUT2D eigenvalue weighted by molar-refractivity contribution is 5.97. The van der Waals surface area contributed by atoms with Crippen molar-refractivity contribution in [2.24, 2.45) is 0 Å². The Bertz CT molecular complexity index is 1110. The topological polar surface area (TPSA) is 65.5 Å². The maximum Gasteiger partial charge on any atom is 0.337 e. The molecule has 5 nitrogen and oxygen atoms in total. The van der Waals surface area contributed by atoms with Gasteiger partial charge < -0.3 is 9.47 Å². The lowest BCUT2D eigenvalue weighted by Gasteiger charge is -2.28. The summed E-state index contributed by atoms with van der Waals surface area (Å²) in [6, 6.07) is 15.0. The Hall–Kier alpha value is -3.47. The maximum atomic E-state index is 12.9. The number of carbonyl (C=O) groups excluding carboxylic acids is 2. The third kappa shape index (κ3) is 3.83. The maximum absolute atomic E-state index is 12.9. The van der Waals surface area contributed by atoms with Crippen molar-refractivity contribution in [2.75, 3.05) is 7.11 Å². The molecule has 0 fully saturated rings. The monoisotopic (exact) mass is 401 g/mol. The first kappa shape index (κ1) is 19.8. The van der Waals surface area contributed by atoms with Gasteiger partial charge in [-0.05, 0) is 48.2 Å². The van der Waals surface area contributed by atoms with Crippen molar-refractivity contribution in [1.82, 2.24) is 4.98 Å². The molecule has 0 N–H and O–H groups in total. The van der Waals surface area contributed by atoms with Crippen LogP contribution in [-0.2, 0) is 11.2 Å². The molecule has 0 aliphatic carbocycles. The van der Waals surface area contributed by atoms with Crippen molar-refractivity contribution in [2.45, 2.75) is 32.3 Å². The highest BCUT2D eigenvalue weighted by Crippen LogP contribution is 2.43. The van der Waals surface area contributed by atoms with Crippen molar-refractivity contribution in [3.8, 4) is 16.9 Å². The Kier molecular flexibility index (Phi) is 5.61. The van der Waals surface area contributed by atoms with Crippen LogP contribution >= 0.6 is 0 Å². The second-order valence-corrected chi connectivity index (χ2v) is 7.30. The molecule has 4 rings (SSSR count). The van der Waals surface area contributed by atoms with Crippen LogP contribution in [0, 0.1) is 0 Å². The first-order valence-electron chi connectivity index (χ1n) is 10.1.